The van der Waals surface area contributed by atoms with Crippen LogP contribution in [0.3, 0.4) is 0 Å². The maximum absolute atomic E-state index is 12.8. The Morgan fingerprint density at radius 2 is 1.79 bits per heavy atom. The highest BCUT2D eigenvalue weighted by molar-refractivity contribution is 7.89. The molecule has 5 heteroatoms. The summed E-state index contributed by atoms with van der Waals surface area (Å²) in [7, 11) is -3.49. The first-order chi connectivity index (χ1) is 8.92. The molecule has 0 aliphatic heterocycles. The highest BCUT2D eigenvalue weighted by Gasteiger charge is 2.37. The predicted octanol–water partition coefficient (Wildman–Crippen LogP) is 2.21. The molecule has 0 saturated carbocycles. The fraction of sp³-hybridized carbons (Fsp3) is 0.571. The highest BCUT2D eigenvalue weighted by Crippen LogP contribution is 2.26. The van der Waals surface area contributed by atoms with Crippen LogP contribution in [-0.4, -0.2) is 31.4 Å². The molecule has 108 valence electrons. The Morgan fingerprint density at radius 1 is 1.21 bits per heavy atom. The summed E-state index contributed by atoms with van der Waals surface area (Å²) in [5, 5.41) is 0. The molecule has 0 aliphatic rings. The predicted molar refractivity (Wildman–Crippen MR) is 78.4 cm³/mol. The van der Waals surface area contributed by atoms with Gasteiger partial charge in [-0.15, -0.1) is 0 Å². The summed E-state index contributed by atoms with van der Waals surface area (Å²) in [5.41, 5.74) is 5.28. The number of rotatable bonds is 7. The number of sulfonamides is 1. The molecule has 0 radical (unpaired) electrons. The third-order valence-corrected chi connectivity index (χ3v) is 5.63. The number of hydrogen-bond donors (Lipinski definition) is 1. The van der Waals surface area contributed by atoms with Crippen LogP contribution in [0.5, 0.6) is 0 Å². The molecule has 4 nitrogen and oxygen atoms in total. The molecule has 0 spiro atoms. The fourth-order valence-electron chi connectivity index (χ4n) is 2.03. The SMILES string of the molecule is CCCN(C(C)(CC)CN)S(=O)(=O)c1ccccc1. The van der Waals surface area contributed by atoms with Gasteiger partial charge in [-0.05, 0) is 31.9 Å². The van der Waals surface area contributed by atoms with Gasteiger partial charge in [-0.25, -0.2) is 8.42 Å². The summed E-state index contributed by atoms with van der Waals surface area (Å²) < 4.78 is 27.1. The molecule has 0 heterocycles. The third kappa shape index (κ3) is 3.35. The number of nitrogens with two attached hydrogens (primary N) is 1. The average Bonchev–Trinajstić information content (AvgIpc) is 2.44. The molecular weight excluding hydrogens is 260 g/mol. The van der Waals surface area contributed by atoms with Crippen LogP contribution in [0.1, 0.15) is 33.6 Å². The van der Waals surface area contributed by atoms with Crippen molar-refractivity contribution >= 4 is 10.0 Å². The maximum atomic E-state index is 12.8. The van der Waals surface area contributed by atoms with Gasteiger partial charge in [-0.2, -0.15) is 4.31 Å². The summed E-state index contributed by atoms with van der Waals surface area (Å²) in [6.45, 7) is 6.65. The summed E-state index contributed by atoms with van der Waals surface area (Å²) >= 11 is 0. The first-order valence-electron chi connectivity index (χ1n) is 6.70. The van der Waals surface area contributed by atoms with Crippen molar-refractivity contribution < 1.29 is 8.42 Å². The zero-order valence-corrected chi connectivity index (χ0v) is 12.8. The summed E-state index contributed by atoms with van der Waals surface area (Å²) in [6, 6.07) is 8.55. The van der Waals surface area contributed by atoms with Gasteiger partial charge in [-0.1, -0.05) is 32.0 Å². The van der Waals surface area contributed by atoms with Gasteiger partial charge in [0.05, 0.1) is 4.90 Å². The lowest BCUT2D eigenvalue weighted by molar-refractivity contribution is 0.206. The van der Waals surface area contributed by atoms with E-state index in [2.05, 4.69) is 0 Å². The molecule has 1 aromatic carbocycles. The van der Waals surface area contributed by atoms with E-state index in [0.29, 0.717) is 24.4 Å². The van der Waals surface area contributed by atoms with Gasteiger partial charge in [0.25, 0.3) is 0 Å². The average molecular weight is 284 g/mol. The van der Waals surface area contributed by atoms with E-state index in [1.54, 1.807) is 28.6 Å². The Bertz CT molecular complexity index is 481. The van der Waals surface area contributed by atoms with Crippen LogP contribution in [0.2, 0.25) is 0 Å². The highest BCUT2D eigenvalue weighted by atomic mass is 32.2. The van der Waals surface area contributed by atoms with Crippen molar-refractivity contribution in [2.45, 2.75) is 44.0 Å². The summed E-state index contributed by atoms with van der Waals surface area (Å²) in [6.07, 6.45) is 1.46. The largest absolute Gasteiger partial charge is 0.329 e. The number of hydrogen-bond acceptors (Lipinski definition) is 3. The van der Waals surface area contributed by atoms with Gasteiger partial charge in [0.15, 0.2) is 0 Å². The van der Waals surface area contributed by atoms with E-state index in [-0.39, 0.29) is 0 Å². The van der Waals surface area contributed by atoms with E-state index >= 15 is 0 Å². The smallest absolute Gasteiger partial charge is 0.243 e. The Balaban J connectivity index is 3.26. The summed E-state index contributed by atoms with van der Waals surface area (Å²) in [4.78, 5) is 0.330. The van der Waals surface area contributed by atoms with Gasteiger partial charge < -0.3 is 5.73 Å². The molecule has 0 aliphatic carbocycles. The van der Waals surface area contributed by atoms with Gasteiger partial charge in [0, 0.05) is 18.6 Å². The minimum absolute atomic E-state index is 0.315. The van der Waals surface area contributed by atoms with Crippen LogP contribution in [0.25, 0.3) is 0 Å². The lowest BCUT2D eigenvalue weighted by Crippen LogP contribution is -2.54. The normalized spacial score (nSPS) is 15.4. The van der Waals surface area contributed by atoms with Crippen molar-refractivity contribution in [2.75, 3.05) is 13.1 Å². The first-order valence-corrected chi connectivity index (χ1v) is 8.14. The zero-order valence-electron chi connectivity index (χ0n) is 12.0. The van der Waals surface area contributed by atoms with Gasteiger partial charge in [0.2, 0.25) is 10.0 Å². The number of nitrogens with zero attached hydrogens (tertiary/aromatic N) is 1. The van der Waals surface area contributed by atoms with Crippen molar-refractivity contribution in [2.24, 2.45) is 5.73 Å². The van der Waals surface area contributed by atoms with Crippen LogP contribution in [0, 0.1) is 0 Å². The van der Waals surface area contributed by atoms with Gasteiger partial charge >= 0.3 is 0 Å². The number of benzene rings is 1. The van der Waals surface area contributed by atoms with Crippen LogP contribution in [0.4, 0.5) is 0 Å². The van der Waals surface area contributed by atoms with E-state index in [1.807, 2.05) is 26.8 Å². The van der Waals surface area contributed by atoms with E-state index < -0.39 is 15.6 Å². The van der Waals surface area contributed by atoms with Crippen LogP contribution in [0.15, 0.2) is 35.2 Å². The maximum Gasteiger partial charge on any atom is 0.243 e. The van der Waals surface area contributed by atoms with Crippen LogP contribution in [-0.2, 0) is 10.0 Å². The van der Waals surface area contributed by atoms with Crippen LogP contribution >= 0.6 is 0 Å². The molecule has 1 unspecified atom stereocenters. The Kier molecular flexibility index (Phi) is 5.52. The molecule has 2 N–H and O–H groups in total. The molecule has 0 amide bonds. The van der Waals surface area contributed by atoms with Crippen molar-refractivity contribution in [3.8, 4) is 0 Å². The molecule has 1 atom stereocenters. The first kappa shape index (κ1) is 16.1. The molecule has 0 fully saturated rings. The molecule has 0 saturated heterocycles. The van der Waals surface area contributed by atoms with Gasteiger partial charge in [0.1, 0.15) is 0 Å². The molecular formula is C14H24N2O2S. The quantitative estimate of drug-likeness (QED) is 0.835. The summed E-state index contributed by atoms with van der Waals surface area (Å²) in [5.74, 6) is 0. The molecule has 0 aromatic heterocycles. The van der Waals surface area contributed by atoms with Crippen molar-refractivity contribution in [1.82, 2.24) is 4.31 Å². The lowest BCUT2D eigenvalue weighted by atomic mass is 9.99. The second-order valence-corrected chi connectivity index (χ2v) is 6.81. The van der Waals surface area contributed by atoms with E-state index in [1.165, 1.54) is 0 Å². The minimum atomic E-state index is -3.49. The Labute approximate surface area is 116 Å². The Hall–Kier alpha value is -0.910. The van der Waals surface area contributed by atoms with E-state index in [4.69, 9.17) is 5.73 Å². The Morgan fingerprint density at radius 3 is 2.21 bits per heavy atom. The molecule has 1 aromatic rings. The van der Waals surface area contributed by atoms with E-state index in [0.717, 1.165) is 6.42 Å². The molecule has 0 bridgehead atoms. The lowest BCUT2D eigenvalue weighted by Gasteiger charge is -2.38. The van der Waals surface area contributed by atoms with Gasteiger partial charge in [-0.3, -0.25) is 0 Å². The standard InChI is InChI=1S/C14H24N2O2S/c1-4-11-16(14(3,5-2)12-15)19(17,18)13-9-7-6-8-10-13/h6-10H,4-5,11-12,15H2,1-3H3. The van der Waals surface area contributed by atoms with Crippen LogP contribution < -0.4 is 5.73 Å². The topological polar surface area (TPSA) is 63.4 Å². The van der Waals surface area contributed by atoms with Crippen molar-refractivity contribution in [3.63, 3.8) is 0 Å². The van der Waals surface area contributed by atoms with Crippen molar-refractivity contribution in [1.29, 1.82) is 0 Å². The molecule has 19 heavy (non-hydrogen) atoms. The molecule has 1 rings (SSSR count). The third-order valence-electron chi connectivity index (χ3n) is 3.56. The minimum Gasteiger partial charge on any atom is -0.329 e. The fourth-order valence-corrected chi connectivity index (χ4v) is 3.99. The monoisotopic (exact) mass is 284 g/mol. The zero-order chi connectivity index (χ0) is 14.5. The second kappa shape index (κ2) is 6.50. The van der Waals surface area contributed by atoms with E-state index in [9.17, 15) is 8.42 Å². The second-order valence-electron chi connectivity index (χ2n) is 4.94. The van der Waals surface area contributed by atoms with Crippen molar-refractivity contribution in [3.05, 3.63) is 30.3 Å².